The minimum Gasteiger partial charge on any atom is -0.496 e. The molecule has 0 bridgehead atoms. The van der Waals surface area contributed by atoms with Crippen molar-refractivity contribution in [2.45, 2.75) is 6.92 Å². The van der Waals surface area contributed by atoms with Gasteiger partial charge in [-0.15, -0.1) is 0 Å². The van der Waals surface area contributed by atoms with Crippen LogP contribution >= 0.6 is 15.9 Å². The molecule has 2 rings (SSSR count). The van der Waals surface area contributed by atoms with Gasteiger partial charge < -0.3 is 9.15 Å². The number of hydrogen-bond donors (Lipinski definition) is 0. The lowest BCUT2D eigenvalue weighted by atomic mass is 10.1. The van der Waals surface area contributed by atoms with Crippen LogP contribution in [0.1, 0.15) is 5.89 Å². The predicted molar refractivity (Wildman–Crippen MR) is 60.9 cm³/mol. The van der Waals surface area contributed by atoms with Gasteiger partial charge >= 0.3 is 0 Å². The average Bonchev–Trinajstić information content (AvgIpc) is 2.64. The summed E-state index contributed by atoms with van der Waals surface area (Å²) >= 11 is 3.39. The molecule has 1 aromatic heterocycles. The molecular weight excluding hydrogens is 258 g/mol. The Morgan fingerprint density at radius 3 is 2.80 bits per heavy atom. The summed E-state index contributed by atoms with van der Waals surface area (Å²) in [5.41, 5.74) is 0.904. The highest BCUT2D eigenvalue weighted by molar-refractivity contribution is 9.10. The number of rotatable bonds is 2. The van der Waals surface area contributed by atoms with Crippen molar-refractivity contribution >= 4 is 15.9 Å². The molecule has 0 saturated heterocycles. The quantitative estimate of drug-likeness (QED) is 0.837. The molecule has 0 unspecified atom stereocenters. The standard InChI is InChI=1S/C11H10BrNO2/c1-7-13-6-11(15-7)9-4-3-8(12)5-10(9)14-2/h3-6H,1-2H3. The first-order chi connectivity index (χ1) is 7.20. The Bertz CT molecular complexity index is 479. The lowest BCUT2D eigenvalue weighted by molar-refractivity contribution is 0.414. The summed E-state index contributed by atoms with van der Waals surface area (Å²) in [6, 6.07) is 5.77. The lowest BCUT2D eigenvalue weighted by Crippen LogP contribution is -1.86. The lowest BCUT2D eigenvalue weighted by Gasteiger charge is -2.05. The monoisotopic (exact) mass is 267 g/mol. The molecule has 1 heterocycles. The van der Waals surface area contributed by atoms with E-state index in [-0.39, 0.29) is 0 Å². The molecule has 0 aliphatic heterocycles. The van der Waals surface area contributed by atoms with Crippen LogP contribution < -0.4 is 4.74 Å². The highest BCUT2D eigenvalue weighted by atomic mass is 79.9. The van der Waals surface area contributed by atoms with Crippen molar-refractivity contribution in [2.75, 3.05) is 7.11 Å². The summed E-state index contributed by atoms with van der Waals surface area (Å²) in [6.45, 7) is 1.81. The van der Waals surface area contributed by atoms with Gasteiger partial charge in [-0.2, -0.15) is 0 Å². The molecule has 0 radical (unpaired) electrons. The van der Waals surface area contributed by atoms with Crippen molar-refractivity contribution in [2.24, 2.45) is 0 Å². The van der Waals surface area contributed by atoms with Crippen molar-refractivity contribution in [1.82, 2.24) is 4.98 Å². The van der Waals surface area contributed by atoms with Gasteiger partial charge in [0.05, 0.1) is 18.9 Å². The minimum absolute atomic E-state index is 0.648. The maximum absolute atomic E-state index is 5.45. The van der Waals surface area contributed by atoms with Gasteiger partial charge in [0.1, 0.15) is 5.75 Å². The van der Waals surface area contributed by atoms with Crippen LogP contribution in [0.15, 0.2) is 33.3 Å². The number of nitrogens with zero attached hydrogens (tertiary/aromatic N) is 1. The molecule has 0 amide bonds. The van der Waals surface area contributed by atoms with E-state index < -0.39 is 0 Å². The van der Waals surface area contributed by atoms with Crippen molar-refractivity contribution < 1.29 is 9.15 Å². The van der Waals surface area contributed by atoms with Crippen LogP contribution in [0.2, 0.25) is 0 Å². The molecule has 0 fully saturated rings. The second kappa shape index (κ2) is 4.06. The van der Waals surface area contributed by atoms with Gasteiger partial charge in [-0.1, -0.05) is 15.9 Å². The number of methoxy groups -OCH3 is 1. The van der Waals surface area contributed by atoms with Gasteiger partial charge in [-0.05, 0) is 18.2 Å². The van der Waals surface area contributed by atoms with Gasteiger partial charge in [0.15, 0.2) is 11.7 Å². The van der Waals surface area contributed by atoms with Crippen LogP contribution in [0.5, 0.6) is 5.75 Å². The average molecular weight is 268 g/mol. The van der Waals surface area contributed by atoms with E-state index in [4.69, 9.17) is 9.15 Å². The number of benzene rings is 1. The fourth-order valence-corrected chi connectivity index (χ4v) is 1.69. The predicted octanol–water partition coefficient (Wildman–Crippen LogP) is 3.42. The highest BCUT2D eigenvalue weighted by Crippen LogP contribution is 2.32. The van der Waals surface area contributed by atoms with Crippen LogP contribution in [-0.2, 0) is 0 Å². The SMILES string of the molecule is COc1cc(Br)ccc1-c1cnc(C)o1. The van der Waals surface area contributed by atoms with Gasteiger partial charge in [0.25, 0.3) is 0 Å². The zero-order chi connectivity index (χ0) is 10.8. The molecule has 0 spiro atoms. The summed E-state index contributed by atoms with van der Waals surface area (Å²) in [7, 11) is 1.63. The second-order valence-electron chi connectivity index (χ2n) is 3.09. The Morgan fingerprint density at radius 1 is 1.40 bits per heavy atom. The zero-order valence-corrected chi connectivity index (χ0v) is 10.0. The largest absolute Gasteiger partial charge is 0.496 e. The third-order valence-corrected chi connectivity index (χ3v) is 2.54. The van der Waals surface area contributed by atoms with Crippen molar-refractivity contribution in [3.8, 4) is 17.1 Å². The Balaban J connectivity index is 2.52. The maximum atomic E-state index is 5.45. The Kier molecular flexibility index (Phi) is 2.77. The fraction of sp³-hybridized carbons (Fsp3) is 0.182. The number of halogens is 1. The molecule has 0 aliphatic carbocycles. The molecule has 78 valence electrons. The van der Waals surface area contributed by atoms with E-state index in [1.54, 1.807) is 13.3 Å². The first kappa shape index (κ1) is 10.2. The highest BCUT2D eigenvalue weighted by Gasteiger charge is 2.10. The second-order valence-corrected chi connectivity index (χ2v) is 4.00. The van der Waals surface area contributed by atoms with Gasteiger partial charge in [-0.25, -0.2) is 4.98 Å². The Hall–Kier alpha value is -1.29. The van der Waals surface area contributed by atoms with E-state index >= 15 is 0 Å². The maximum Gasteiger partial charge on any atom is 0.191 e. The molecule has 4 heteroatoms. The number of aryl methyl sites for hydroxylation is 1. The summed E-state index contributed by atoms with van der Waals surface area (Å²) in [5, 5.41) is 0. The van der Waals surface area contributed by atoms with Crippen LogP contribution in [0.3, 0.4) is 0 Å². The van der Waals surface area contributed by atoms with E-state index in [2.05, 4.69) is 20.9 Å². The van der Waals surface area contributed by atoms with E-state index in [1.165, 1.54) is 0 Å². The van der Waals surface area contributed by atoms with Gasteiger partial charge in [0.2, 0.25) is 0 Å². The molecule has 3 nitrogen and oxygen atoms in total. The van der Waals surface area contributed by atoms with Crippen LogP contribution in [0, 0.1) is 6.92 Å². The summed E-state index contributed by atoms with van der Waals surface area (Å²) < 4.78 is 11.7. The number of hydrogen-bond acceptors (Lipinski definition) is 3. The summed E-state index contributed by atoms with van der Waals surface area (Å²) in [6.07, 6.45) is 1.70. The molecule has 0 N–H and O–H groups in total. The topological polar surface area (TPSA) is 35.3 Å². The Morgan fingerprint density at radius 2 is 2.20 bits per heavy atom. The molecule has 15 heavy (non-hydrogen) atoms. The normalized spacial score (nSPS) is 10.3. The third kappa shape index (κ3) is 2.04. The third-order valence-electron chi connectivity index (χ3n) is 2.05. The van der Waals surface area contributed by atoms with E-state index in [1.807, 2.05) is 25.1 Å². The van der Waals surface area contributed by atoms with Gasteiger partial charge in [-0.3, -0.25) is 0 Å². The Labute approximate surface area is 96.2 Å². The molecule has 0 aliphatic rings. The number of oxazole rings is 1. The molecule has 0 atom stereocenters. The summed E-state index contributed by atoms with van der Waals surface area (Å²) in [4.78, 5) is 4.06. The minimum atomic E-state index is 0.648. The first-order valence-electron chi connectivity index (χ1n) is 4.47. The van der Waals surface area contributed by atoms with Crippen LogP contribution in [0.4, 0.5) is 0 Å². The van der Waals surface area contributed by atoms with E-state index in [0.29, 0.717) is 5.89 Å². The molecule has 0 saturated carbocycles. The van der Waals surface area contributed by atoms with Gasteiger partial charge in [0, 0.05) is 11.4 Å². The molecular formula is C11H10BrNO2. The van der Waals surface area contributed by atoms with Crippen molar-refractivity contribution in [3.63, 3.8) is 0 Å². The number of ether oxygens (including phenoxy) is 1. The van der Waals surface area contributed by atoms with Crippen molar-refractivity contribution in [3.05, 3.63) is 34.8 Å². The molecule has 2 aromatic rings. The first-order valence-corrected chi connectivity index (χ1v) is 5.26. The van der Waals surface area contributed by atoms with E-state index in [0.717, 1.165) is 21.5 Å². The van der Waals surface area contributed by atoms with E-state index in [9.17, 15) is 0 Å². The smallest absolute Gasteiger partial charge is 0.191 e. The van der Waals surface area contributed by atoms with Crippen molar-refractivity contribution in [1.29, 1.82) is 0 Å². The zero-order valence-electron chi connectivity index (χ0n) is 8.45. The van der Waals surface area contributed by atoms with Crippen LogP contribution in [-0.4, -0.2) is 12.1 Å². The fourth-order valence-electron chi connectivity index (χ4n) is 1.35. The summed E-state index contributed by atoms with van der Waals surface area (Å²) in [5.74, 6) is 2.13. The van der Waals surface area contributed by atoms with Crippen LogP contribution in [0.25, 0.3) is 11.3 Å². The number of aromatic nitrogens is 1. The molecule has 1 aromatic carbocycles.